The fraction of sp³-hybridized carbons (Fsp3) is 0.556. The molecule has 4 rings (SSSR count). The number of hydrogen-bond acceptors (Lipinski definition) is 5. The number of aromatic amines is 2. The Balaban J connectivity index is 1.31. The van der Waals surface area contributed by atoms with Crippen LogP contribution < -0.4 is 16.0 Å². The maximum absolute atomic E-state index is 12.6. The average Bonchev–Trinajstić information content (AvgIpc) is 3.32. The smallest absolute Gasteiger partial charge is 0.269 e. The van der Waals surface area contributed by atoms with Crippen LogP contribution in [0, 0.1) is 0 Å². The number of nitrogens with one attached hydrogen (secondary N) is 5. The molecule has 0 fully saturated rings. The quantitative estimate of drug-likeness (QED) is 0.532. The Hall–Kier alpha value is -2.84. The van der Waals surface area contributed by atoms with Crippen molar-refractivity contribution >= 4 is 17.6 Å². The number of anilines is 1. The maximum atomic E-state index is 12.6. The Morgan fingerprint density at radius 1 is 1.30 bits per heavy atom. The van der Waals surface area contributed by atoms with E-state index in [0.717, 1.165) is 61.3 Å². The van der Waals surface area contributed by atoms with Gasteiger partial charge in [0.25, 0.3) is 5.91 Å². The highest BCUT2D eigenvalue weighted by Gasteiger charge is 2.28. The fourth-order valence-electron chi connectivity index (χ4n) is 3.86. The Kier molecular flexibility index (Phi) is 4.83. The van der Waals surface area contributed by atoms with Crippen LogP contribution in [0.1, 0.15) is 59.4 Å². The highest BCUT2D eigenvalue weighted by Crippen LogP contribution is 2.29. The molecule has 3 heterocycles. The van der Waals surface area contributed by atoms with Crippen LogP contribution in [0.2, 0.25) is 0 Å². The second-order valence-electron chi connectivity index (χ2n) is 7.33. The molecule has 0 saturated heterocycles. The zero-order valence-electron chi connectivity index (χ0n) is 15.4. The number of nitrogens with zero attached hydrogens (tertiary/aromatic N) is 2. The van der Waals surface area contributed by atoms with Crippen molar-refractivity contribution in [2.45, 2.75) is 51.0 Å². The summed E-state index contributed by atoms with van der Waals surface area (Å²) < 4.78 is 0. The molecule has 144 valence electrons. The first kappa shape index (κ1) is 17.6. The van der Waals surface area contributed by atoms with Gasteiger partial charge in [0.1, 0.15) is 5.69 Å². The van der Waals surface area contributed by atoms with Crippen molar-refractivity contribution < 1.29 is 9.59 Å². The zero-order valence-corrected chi connectivity index (χ0v) is 15.4. The number of carbonyl (C=O) groups is 2. The van der Waals surface area contributed by atoms with Gasteiger partial charge in [0.05, 0.1) is 17.8 Å². The average molecular weight is 371 g/mol. The van der Waals surface area contributed by atoms with Gasteiger partial charge in [-0.25, -0.2) is 0 Å². The number of hydrogen-bond donors (Lipinski definition) is 5. The third kappa shape index (κ3) is 3.54. The van der Waals surface area contributed by atoms with E-state index >= 15 is 0 Å². The normalized spacial score (nSPS) is 19.4. The van der Waals surface area contributed by atoms with E-state index in [0.29, 0.717) is 12.2 Å². The first-order valence-electron chi connectivity index (χ1n) is 9.55. The molecule has 9 nitrogen and oxygen atoms in total. The highest BCUT2D eigenvalue weighted by molar-refractivity contribution is 5.95. The number of aryl methyl sites for hydroxylation is 1. The van der Waals surface area contributed by atoms with E-state index in [-0.39, 0.29) is 23.8 Å². The van der Waals surface area contributed by atoms with Crippen LogP contribution in [-0.2, 0) is 17.6 Å². The largest absolute Gasteiger partial charge is 0.368 e. The van der Waals surface area contributed by atoms with Crippen molar-refractivity contribution in [3.63, 3.8) is 0 Å². The molecule has 2 aromatic heterocycles. The minimum Gasteiger partial charge on any atom is -0.368 e. The fourth-order valence-corrected chi connectivity index (χ4v) is 3.86. The highest BCUT2D eigenvalue weighted by atomic mass is 16.2. The van der Waals surface area contributed by atoms with E-state index in [2.05, 4.69) is 36.3 Å². The van der Waals surface area contributed by atoms with Crippen molar-refractivity contribution in [1.29, 1.82) is 0 Å². The predicted molar refractivity (Wildman–Crippen MR) is 99.6 cm³/mol. The van der Waals surface area contributed by atoms with Gasteiger partial charge < -0.3 is 16.0 Å². The molecule has 1 aliphatic carbocycles. The lowest BCUT2D eigenvalue weighted by Gasteiger charge is -2.22. The molecule has 0 bridgehead atoms. The SMILES string of the molecule is C[C@H](CNC(=O)C1CCCc2cn[nH]c21)NC(=O)c1[nH]nc2c1CCCN2. The van der Waals surface area contributed by atoms with Gasteiger partial charge in [-0.1, -0.05) is 0 Å². The molecule has 9 heteroatoms. The molecule has 0 saturated carbocycles. The molecular formula is C18H25N7O2. The van der Waals surface area contributed by atoms with E-state index in [1.54, 1.807) is 6.20 Å². The van der Waals surface area contributed by atoms with Gasteiger partial charge >= 0.3 is 0 Å². The van der Waals surface area contributed by atoms with Crippen molar-refractivity contribution in [2.24, 2.45) is 0 Å². The van der Waals surface area contributed by atoms with Crippen LogP contribution in [0.25, 0.3) is 0 Å². The minimum absolute atomic E-state index is 0.0237. The standard InChI is InChI=1S/C18H25N7O2/c1-10(22-18(27)15-12-6-3-7-19-16(12)25-24-15)8-20-17(26)13-5-2-4-11-9-21-23-14(11)13/h9-10,13H,2-8H2,1H3,(H,20,26)(H,21,23)(H,22,27)(H2,19,24,25)/t10-,13?/m1/s1. The first-order valence-corrected chi connectivity index (χ1v) is 9.55. The second-order valence-corrected chi connectivity index (χ2v) is 7.33. The van der Waals surface area contributed by atoms with E-state index in [1.807, 2.05) is 6.92 Å². The molecule has 1 aliphatic heterocycles. The van der Waals surface area contributed by atoms with Crippen LogP contribution in [0.4, 0.5) is 5.82 Å². The van der Waals surface area contributed by atoms with Crippen molar-refractivity contribution in [3.05, 3.63) is 28.7 Å². The van der Waals surface area contributed by atoms with E-state index < -0.39 is 0 Å². The van der Waals surface area contributed by atoms with Crippen LogP contribution >= 0.6 is 0 Å². The molecule has 0 spiro atoms. The minimum atomic E-state index is -0.193. The van der Waals surface area contributed by atoms with Gasteiger partial charge in [-0.3, -0.25) is 19.8 Å². The number of carbonyl (C=O) groups excluding carboxylic acids is 2. The van der Waals surface area contributed by atoms with Crippen LogP contribution in [0.15, 0.2) is 6.20 Å². The lowest BCUT2D eigenvalue weighted by molar-refractivity contribution is -0.123. The number of rotatable bonds is 5. The van der Waals surface area contributed by atoms with Gasteiger partial charge in [-0.15, -0.1) is 0 Å². The molecule has 2 aliphatic rings. The van der Waals surface area contributed by atoms with Gasteiger partial charge in [-0.2, -0.15) is 10.2 Å². The van der Waals surface area contributed by atoms with Crippen LogP contribution in [-0.4, -0.2) is 51.3 Å². The number of fused-ring (bicyclic) bond motifs is 2. The summed E-state index contributed by atoms with van der Waals surface area (Å²) in [6.07, 6.45) is 6.38. The molecule has 0 radical (unpaired) electrons. The second kappa shape index (κ2) is 7.42. The maximum Gasteiger partial charge on any atom is 0.269 e. The Bertz CT molecular complexity index is 841. The molecule has 0 aromatic carbocycles. The summed E-state index contributed by atoms with van der Waals surface area (Å²) in [5.74, 6) is 0.358. The topological polar surface area (TPSA) is 128 Å². The third-order valence-electron chi connectivity index (χ3n) is 5.31. The summed E-state index contributed by atoms with van der Waals surface area (Å²) in [4.78, 5) is 25.1. The lowest BCUT2D eigenvalue weighted by atomic mass is 9.87. The summed E-state index contributed by atoms with van der Waals surface area (Å²) in [5.41, 5.74) is 3.49. The van der Waals surface area contributed by atoms with Gasteiger partial charge in [0, 0.05) is 24.7 Å². The van der Waals surface area contributed by atoms with Gasteiger partial charge in [0.2, 0.25) is 5.91 Å². The van der Waals surface area contributed by atoms with Crippen LogP contribution in [0.3, 0.4) is 0 Å². The summed E-state index contributed by atoms with van der Waals surface area (Å²) in [7, 11) is 0. The number of H-pyrrole nitrogens is 2. The van der Waals surface area contributed by atoms with E-state index in [4.69, 9.17) is 0 Å². The van der Waals surface area contributed by atoms with Crippen molar-refractivity contribution in [2.75, 3.05) is 18.4 Å². The van der Waals surface area contributed by atoms with Crippen molar-refractivity contribution in [3.8, 4) is 0 Å². The van der Waals surface area contributed by atoms with Crippen molar-refractivity contribution in [1.82, 2.24) is 31.0 Å². The first-order chi connectivity index (χ1) is 13.1. The summed E-state index contributed by atoms with van der Waals surface area (Å²) >= 11 is 0. The monoisotopic (exact) mass is 371 g/mol. The number of aromatic nitrogens is 4. The van der Waals surface area contributed by atoms with E-state index in [1.165, 1.54) is 0 Å². The molecule has 1 unspecified atom stereocenters. The Morgan fingerprint density at radius 2 is 2.19 bits per heavy atom. The Morgan fingerprint density at radius 3 is 3.07 bits per heavy atom. The van der Waals surface area contributed by atoms with Gasteiger partial charge in [-0.05, 0) is 44.6 Å². The zero-order chi connectivity index (χ0) is 18.8. The molecule has 2 aromatic rings. The van der Waals surface area contributed by atoms with Crippen LogP contribution in [0.5, 0.6) is 0 Å². The summed E-state index contributed by atoms with van der Waals surface area (Å²) in [6, 6.07) is -0.193. The molecule has 5 N–H and O–H groups in total. The third-order valence-corrected chi connectivity index (χ3v) is 5.31. The number of amides is 2. The van der Waals surface area contributed by atoms with Gasteiger partial charge in [0.15, 0.2) is 5.82 Å². The summed E-state index contributed by atoms with van der Waals surface area (Å²) in [6.45, 7) is 3.13. The molecular weight excluding hydrogens is 346 g/mol. The lowest BCUT2D eigenvalue weighted by Crippen LogP contribution is -2.43. The summed E-state index contributed by atoms with van der Waals surface area (Å²) in [5, 5.41) is 23.1. The molecule has 2 atom stereocenters. The Labute approximate surface area is 157 Å². The molecule has 27 heavy (non-hydrogen) atoms. The van der Waals surface area contributed by atoms with E-state index in [9.17, 15) is 9.59 Å². The molecule has 2 amide bonds. The predicted octanol–water partition coefficient (Wildman–Crippen LogP) is 0.846.